The SMILES string of the molecule is COc1ccc(CCN(Cc2ccco2)C(=O)CN(C(=O)/C=C/c2ccc([N+](=O)[O-])cc2)C(C)(C)C)cc1OC. The van der Waals surface area contributed by atoms with Gasteiger partial charge in [-0.2, -0.15) is 0 Å². The molecule has 40 heavy (non-hydrogen) atoms. The number of furan rings is 1. The lowest BCUT2D eigenvalue weighted by Gasteiger charge is -2.36. The highest BCUT2D eigenvalue weighted by atomic mass is 16.6. The summed E-state index contributed by atoms with van der Waals surface area (Å²) in [5, 5.41) is 10.9. The van der Waals surface area contributed by atoms with Gasteiger partial charge in [0.2, 0.25) is 11.8 Å². The molecule has 0 aliphatic heterocycles. The summed E-state index contributed by atoms with van der Waals surface area (Å²) < 4.78 is 16.2. The van der Waals surface area contributed by atoms with E-state index in [9.17, 15) is 19.7 Å². The maximum Gasteiger partial charge on any atom is 0.269 e. The van der Waals surface area contributed by atoms with E-state index in [4.69, 9.17) is 13.9 Å². The van der Waals surface area contributed by atoms with Crippen molar-refractivity contribution >= 4 is 23.6 Å². The third kappa shape index (κ3) is 8.20. The lowest BCUT2D eigenvalue weighted by molar-refractivity contribution is -0.384. The highest BCUT2D eigenvalue weighted by Crippen LogP contribution is 2.28. The molecule has 2 aromatic carbocycles. The number of nitro benzene ring substituents is 1. The number of carbonyl (C=O) groups excluding carboxylic acids is 2. The van der Waals surface area contributed by atoms with Crippen LogP contribution in [0.4, 0.5) is 5.69 Å². The van der Waals surface area contributed by atoms with Crippen molar-refractivity contribution in [2.75, 3.05) is 27.3 Å². The van der Waals surface area contributed by atoms with Crippen LogP contribution in [0, 0.1) is 10.1 Å². The Morgan fingerprint density at radius 1 is 1.02 bits per heavy atom. The highest BCUT2D eigenvalue weighted by molar-refractivity contribution is 5.95. The maximum absolute atomic E-state index is 13.6. The van der Waals surface area contributed by atoms with E-state index in [1.165, 1.54) is 23.1 Å². The maximum atomic E-state index is 13.6. The Labute approximate surface area is 233 Å². The number of methoxy groups -OCH3 is 2. The van der Waals surface area contributed by atoms with Crippen LogP contribution in [0.1, 0.15) is 37.7 Å². The third-order valence-electron chi connectivity index (χ3n) is 6.29. The first-order valence-electron chi connectivity index (χ1n) is 12.8. The van der Waals surface area contributed by atoms with Crippen molar-refractivity contribution in [2.45, 2.75) is 39.3 Å². The minimum Gasteiger partial charge on any atom is -0.493 e. The number of nitro groups is 1. The molecule has 0 N–H and O–H groups in total. The molecule has 3 rings (SSSR count). The van der Waals surface area contributed by atoms with Gasteiger partial charge in [0.15, 0.2) is 11.5 Å². The van der Waals surface area contributed by atoms with Crippen LogP contribution in [-0.2, 0) is 22.6 Å². The summed E-state index contributed by atoms with van der Waals surface area (Å²) in [6.07, 6.45) is 5.06. The van der Waals surface area contributed by atoms with Gasteiger partial charge in [0.05, 0.1) is 32.0 Å². The minimum atomic E-state index is -0.647. The summed E-state index contributed by atoms with van der Waals surface area (Å²) in [7, 11) is 3.15. The lowest BCUT2D eigenvalue weighted by atomic mass is 10.1. The molecule has 10 heteroatoms. The molecular weight excluding hydrogens is 514 g/mol. The second kappa shape index (κ2) is 13.5. The molecule has 0 spiro atoms. The predicted octanol–water partition coefficient (Wildman–Crippen LogP) is 5.12. The van der Waals surface area contributed by atoms with E-state index in [2.05, 4.69) is 0 Å². The zero-order chi connectivity index (χ0) is 29.3. The van der Waals surface area contributed by atoms with Crippen molar-refractivity contribution in [1.82, 2.24) is 9.80 Å². The fourth-order valence-corrected chi connectivity index (χ4v) is 4.03. The molecule has 0 bridgehead atoms. The molecule has 10 nitrogen and oxygen atoms in total. The molecule has 0 atom stereocenters. The number of non-ortho nitro benzene ring substituents is 1. The second-order valence-electron chi connectivity index (χ2n) is 10.1. The van der Waals surface area contributed by atoms with Crippen LogP contribution in [-0.4, -0.2) is 59.4 Å². The molecule has 0 aliphatic carbocycles. The van der Waals surface area contributed by atoms with Crippen molar-refractivity contribution in [3.8, 4) is 11.5 Å². The zero-order valence-electron chi connectivity index (χ0n) is 23.5. The van der Waals surface area contributed by atoms with Crippen LogP contribution < -0.4 is 9.47 Å². The number of benzene rings is 2. The average Bonchev–Trinajstić information content (AvgIpc) is 3.45. The topological polar surface area (TPSA) is 115 Å². The fourth-order valence-electron chi connectivity index (χ4n) is 4.03. The number of nitrogens with zero attached hydrogens (tertiary/aromatic N) is 3. The number of hydrogen-bond acceptors (Lipinski definition) is 7. The average molecular weight is 550 g/mol. The van der Waals surface area contributed by atoms with Crippen molar-refractivity contribution in [2.24, 2.45) is 0 Å². The zero-order valence-corrected chi connectivity index (χ0v) is 23.5. The first-order valence-corrected chi connectivity index (χ1v) is 12.8. The number of rotatable bonds is 12. The lowest BCUT2D eigenvalue weighted by Crippen LogP contribution is -2.50. The Kier molecular flexibility index (Phi) is 10.1. The number of carbonyl (C=O) groups is 2. The van der Waals surface area contributed by atoms with Crippen LogP contribution in [0.5, 0.6) is 11.5 Å². The van der Waals surface area contributed by atoms with E-state index in [0.717, 1.165) is 5.56 Å². The monoisotopic (exact) mass is 549 g/mol. The van der Waals surface area contributed by atoms with E-state index < -0.39 is 10.5 Å². The van der Waals surface area contributed by atoms with E-state index in [-0.39, 0.29) is 30.6 Å². The largest absolute Gasteiger partial charge is 0.493 e. The molecule has 3 aromatic rings. The van der Waals surface area contributed by atoms with Gasteiger partial charge in [0, 0.05) is 30.3 Å². The number of hydrogen-bond donors (Lipinski definition) is 0. The quantitative estimate of drug-likeness (QED) is 0.175. The summed E-state index contributed by atoms with van der Waals surface area (Å²) in [5.41, 5.74) is 0.917. The summed E-state index contributed by atoms with van der Waals surface area (Å²) in [5.74, 6) is 1.28. The van der Waals surface area contributed by atoms with E-state index >= 15 is 0 Å². The summed E-state index contributed by atoms with van der Waals surface area (Å²) >= 11 is 0. The Morgan fingerprint density at radius 2 is 1.73 bits per heavy atom. The summed E-state index contributed by atoms with van der Waals surface area (Å²) in [6.45, 7) is 6.08. The molecule has 2 amide bonds. The molecule has 0 aliphatic rings. The standard InChI is InChI=1S/C30H35N3O7/c1-30(2,3)32(28(34)15-11-22-8-12-24(13-9-22)33(36)37)21-29(35)31(20-25-7-6-18-40-25)17-16-23-10-14-26(38-4)27(19-23)39-5/h6-15,18-19H,16-17,20-21H2,1-5H3/b15-11+. The fraction of sp³-hybridized carbons (Fsp3) is 0.333. The molecule has 0 unspecified atom stereocenters. The van der Waals surface area contributed by atoms with E-state index in [1.54, 1.807) is 55.7 Å². The van der Waals surface area contributed by atoms with Crippen LogP contribution >= 0.6 is 0 Å². The van der Waals surface area contributed by atoms with Crippen molar-refractivity contribution in [3.05, 3.63) is 93.9 Å². The molecule has 0 saturated carbocycles. The first kappa shape index (κ1) is 29.9. The number of ether oxygens (including phenoxy) is 2. The Balaban J connectivity index is 1.76. The van der Waals surface area contributed by atoms with Gasteiger partial charge in [-0.1, -0.05) is 6.07 Å². The van der Waals surface area contributed by atoms with Crippen molar-refractivity contribution < 1.29 is 28.4 Å². The molecular formula is C30H35N3O7. The van der Waals surface area contributed by atoms with Gasteiger partial charge in [-0.25, -0.2) is 0 Å². The molecule has 1 heterocycles. The summed E-state index contributed by atoms with van der Waals surface area (Å²) in [4.78, 5) is 40.4. The Morgan fingerprint density at radius 3 is 2.30 bits per heavy atom. The van der Waals surface area contributed by atoms with E-state index in [0.29, 0.717) is 35.8 Å². The Hall–Kier alpha value is -4.60. The van der Waals surface area contributed by atoms with Gasteiger partial charge in [0.25, 0.3) is 5.69 Å². The van der Waals surface area contributed by atoms with Gasteiger partial charge in [-0.05, 0) is 80.8 Å². The van der Waals surface area contributed by atoms with Crippen molar-refractivity contribution in [1.29, 1.82) is 0 Å². The van der Waals surface area contributed by atoms with Gasteiger partial charge in [-0.15, -0.1) is 0 Å². The molecule has 0 radical (unpaired) electrons. The van der Waals surface area contributed by atoms with Crippen LogP contribution in [0.2, 0.25) is 0 Å². The second-order valence-corrected chi connectivity index (χ2v) is 10.1. The van der Waals surface area contributed by atoms with Crippen molar-refractivity contribution in [3.63, 3.8) is 0 Å². The normalized spacial score (nSPS) is 11.3. The third-order valence-corrected chi connectivity index (χ3v) is 6.29. The van der Waals surface area contributed by atoms with Crippen LogP contribution in [0.15, 0.2) is 71.4 Å². The number of amides is 2. The van der Waals surface area contributed by atoms with Gasteiger partial charge >= 0.3 is 0 Å². The molecule has 0 saturated heterocycles. The molecule has 1 aromatic heterocycles. The Bertz CT molecular complexity index is 1330. The first-order chi connectivity index (χ1) is 19.0. The minimum absolute atomic E-state index is 0.0323. The highest BCUT2D eigenvalue weighted by Gasteiger charge is 2.29. The smallest absolute Gasteiger partial charge is 0.269 e. The van der Waals surface area contributed by atoms with Crippen LogP contribution in [0.25, 0.3) is 6.08 Å². The van der Waals surface area contributed by atoms with Crippen LogP contribution in [0.3, 0.4) is 0 Å². The van der Waals surface area contributed by atoms with E-state index in [1.807, 2.05) is 39.0 Å². The van der Waals surface area contributed by atoms with Gasteiger partial charge < -0.3 is 23.7 Å². The molecule has 212 valence electrons. The van der Waals surface area contributed by atoms with Gasteiger partial charge in [-0.3, -0.25) is 19.7 Å². The summed E-state index contributed by atoms with van der Waals surface area (Å²) in [6, 6.07) is 15.1. The van der Waals surface area contributed by atoms with Gasteiger partial charge in [0.1, 0.15) is 12.3 Å². The predicted molar refractivity (Wildman–Crippen MR) is 151 cm³/mol. The molecule has 0 fully saturated rings.